The van der Waals surface area contributed by atoms with Crippen LogP contribution in [0, 0.1) is 5.82 Å². The van der Waals surface area contributed by atoms with Crippen LogP contribution in [0.25, 0.3) is 10.1 Å². The summed E-state index contributed by atoms with van der Waals surface area (Å²) in [7, 11) is 0. The van der Waals surface area contributed by atoms with Crippen LogP contribution in [0.4, 0.5) is 4.39 Å². The van der Waals surface area contributed by atoms with Crippen LogP contribution in [0.5, 0.6) is 0 Å². The molecule has 4 heteroatoms. The Morgan fingerprint density at radius 2 is 2.33 bits per heavy atom. The third-order valence-corrected chi connectivity index (χ3v) is 3.17. The molecule has 2 aromatic rings. The smallest absolute Gasteiger partial charge is 0.261 e. The fourth-order valence-electron chi connectivity index (χ4n) is 1.38. The molecular weight excluding hydrogens is 213 g/mol. The molecule has 15 heavy (non-hydrogen) atoms. The van der Waals surface area contributed by atoms with E-state index in [0.717, 1.165) is 4.70 Å². The largest absolute Gasteiger partial charge is 0.352 e. The Kier molecular flexibility index (Phi) is 2.68. The lowest BCUT2D eigenvalue weighted by atomic mass is 10.2. The number of carbonyl (C=O) groups is 1. The summed E-state index contributed by atoms with van der Waals surface area (Å²) in [6.45, 7) is 2.43. The van der Waals surface area contributed by atoms with Crippen LogP contribution in [0.3, 0.4) is 0 Å². The molecule has 1 heterocycles. The van der Waals surface area contributed by atoms with Gasteiger partial charge >= 0.3 is 0 Å². The van der Waals surface area contributed by atoms with Gasteiger partial charge in [0.1, 0.15) is 5.82 Å². The average Bonchev–Trinajstić information content (AvgIpc) is 2.63. The summed E-state index contributed by atoms with van der Waals surface area (Å²) in [4.78, 5) is 12.1. The van der Waals surface area contributed by atoms with Gasteiger partial charge in [0.15, 0.2) is 0 Å². The Morgan fingerprint density at radius 3 is 3.00 bits per heavy atom. The quantitative estimate of drug-likeness (QED) is 0.833. The molecule has 0 aliphatic carbocycles. The zero-order valence-electron chi connectivity index (χ0n) is 8.21. The standard InChI is InChI=1S/C11H10FNOS/c1-2-13-11(14)10-6-7-8(12)4-3-5-9(7)15-10/h3-6H,2H2,1H3,(H,13,14). The van der Waals surface area contributed by atoms with Gasteiger partial charge in [-0.2, -0.15) is 0 Å². The van der Waals surface area contributed by atoms with Gasteiger partial charge in [0.2, 0.25) is 0 Å². The Balaban J connectivity index is 2.47. The van der Waals surface area contributed by atoms with Crippen molar-refractivity contribution in [3.63, 3.8) is 0 Å². The summed E-state index contributed by atoms with van der Waals surface area (Å²) in [5, 5.41) is 3.21. The van der Waals surface area contributed by atoms with Crippen LogP contribution in [0.15, 0.2) is 24.3 Å². The van der Waals surface area contributed by atoms with Gasteiger partial charge in [0.25, 0.3) is 5.91 Å². The molecule has 0 aliphatic rings. The molecular formula is C11H10FNOS. The maximum absolute atomic E-state index is 13.3. The molecule has 78 valence electrons. The van der Waals surface area contributed by atoms with E-state index in [1.54, 1.807) is 12.1 Å². The number of thiophene rings is 1. The molecule has 0 saturated carbocycles. The van der Waals surface area contributed by atoms with Gasteiger partial charge in [0.05, 0.1) is 4.88 Å². The first-order chi connectivity index (χ1) is 7.22. The van der Waals surface area contributed by atoms with E-state index in [2.05, 4.69) is 5.32 Å². The molecule has 2 nitrogen and oxygen atoms in total. The topological polar surface area (TPSA) is 29.1 Å². The molecule has 0 saturated heterocycles. The summed E-state index contributed by atoms with van der Waals surface area (Å²) >= 11 is 1.31. The van der Waals surface area contributed by atoms with Crippen molar-refractivity contribution in [3.05, 3.63) is 35.0 Å². The van der Waals surface area contributed by atoms with Crippen molar-refractivity contribution in [2.45, 2.75) is 6.92 Å². The minimum Gasteiger partial charge on any atom is -0.352 e. The van der Waals surface area contributed by atoms with Crippen LogP contribution in [0.2, 0.25) is 0 Å². The fourth-order valence-corrected chi connectivity index (χ4v) is 2.38. The van der Waals surface area contributed by atoms with Crippen LogP contribution in [-0.4, -0.2) is 12.5 Å². The highest BCUT2D eigenvalue weighted by molar-refractivity contribution is 7.20. The summed E-state index contributed by atoms with van der Waals surface area (Å²) in [5.41, 5.74) is 0. The Bertz CT molecular complexity index is 506. The van der Waals surface area contributed by atoms with E-state index in [1.165, 1.54) is 17.4 Å². The summed E-state index contributed by atoms with van der Waals surface area (Å²) in [6, 6.07) is 6.46. The number of hydrogen-bond acceptors (Lipinski definition) is 2. The van der Waals surface area contributed by atoms with Gasteiger partial charge in [-0.3, -0.25) is 4.79 Å². The van der Waals surface area contributed by atoms with E-state index in [4.69, 9.17) is 0 Å². The summed E-state index contributed by atoms with van der Waals surface area (Å²) in [6.07, 6.45) is 0. The van der Waals surface area contributed by atoms with Crippen LogP contribution in [0.1, 0.15) is 16.6 Å². The third-order valence-electron chi connectivity index (χ3n) is 2.07. The van der Waals surface area contributed by atoms with E-state index in [-0.39, 0.29) is 11.7 Å². The van der Waals surface area contributed by atoms with Crippen molar-refractivity contribution in [1.29, 1.82) is 0 Å². The monoisotopic (exact) mass is 223 g/mol. The zero-order chi connectivity index (χ0) is 10.8. The van der Waals surface area contributed by atoms with Gasteiger partial charge in [-0.05, 0) is 25.1 Å². The number of carbonyl (C=O) groups excluding carboxylic acids is 1. The number of halogens is 1. The molecule has 1 aromatic heterocycles. The van der Waals surface area contributed by atoms with Crippen LogP contribution < -0.4 is 5.32 Å². The Labute approximate surface area is 90.7 Å². The van der Waals surface area contributed by atoms with Crippen molar-refractivity contribution < 1.29 is 9.18 Å². The molecule has 0 bridgehead atoms. The molecule has 2 rings (SSSR count). The third kappa shape index (κ3) is 1.85. The van der Waals surface area contributed by atoms with Crippen molar-refractivity contribution in [2.24, 2.45) is 0 Å². The Morgan fingerprint density at radius 1 is 1.53 bits per heavy atom. The molecule has 0 unspecified atom stereocenters. The van der Waals surface area contributed by atoms with Gasteiger partial charge in [-0.1, -0.05) is 6.07 Å². The maximum Gasteiger partial charge on any atom is 0.261 e. The fraction of sp³-hybridized carbons (Fsp3) is 0.182. The molecule has 1 amide bonds. The average molecular weight is 223 g/mol. The molecule has 0 atom stereocenters. The van der Waals surface area contributed by atoms with Gasteiger partial charge in [0, 0.05) is 16.6 Å². The van der Waals surface area contributed by atoms with E-state index in [9.17, 15) is 9.18 Å². The second-order valence-electron chi connectivity index (χ2n) is 3.12. The number of hydrogen-bond donors (Lipinski definition) is 1. The maximum atomic E-state index is 13.3. The first-order valence-electron chi connectivity index (χ1n) is 4.68. The van der Waals surface area contributed by atoms with Crippen molar-refractivity contribution >= 4 is 27.3 Å². The molecule has 0 spiro atoms. The van der Waals surface area contributed by atoms with E-state index < -0.39 is 0 Å². The minimum atomic E-state index is -0.278. The Hall–Kier alpha value is -1.42. The number of benzene rings is 1. The van der Waals surface area contributed by atoms with E-state index >= 15 is 0 Å². The number of fused-ring (bicyclic) bond motifs is 1. The van der Waals surface area contributed by atoms with E-state index in [1.807, 2.05) is 13.0 Å². The second kappa shape index (κ2) is 3.98. The second-order valence-corrected chi connectivity index (χ2v) is 4.21. The SMILES string of the molecule is CCNC(=O)c1cc2c(F)cccc2s1. The number of rotatable bonds is 2. The lowest BCUT2D eigenvalue weighted by molar-refractivity contribution is 0.0960. The molecule has 0 radical (unpaired) electrons. The zero-order valence-corrected chi connectivity index (χ0v) is 9.03. The first kappa shape index (κ1) is 10.1. The highest BCUT2D eigenvalue weighted by Gasteiger charge is 2.10. The van der Waals surface area contributed by atoms with Crippen molar-refractivity contribution in [1.82, 2.24) is 5.32 Å². The van der Waals surface area contributed by atoms with Gasteiger partial charge < -0.3 is 5.32 Å². The van der Waals surface area contributed by atoms with Gasteiger partial charge in [-0.25, -0.2) is 4.39 Å². The number of amides is 1. The highest BCUT2D eigenvalue weighted by Crippen LogP contribution is 2.27. The van der Waals surface area contributed by atoms with E-state index in [0.29, 0.717) is 16.8 Å². The summed E-state index contributed by atoms with van der Waals surface area (Å²) < 4.78 is 14.1. The highest BCUT2D eigenvalue weighted by atomic mass is 32.1. The lowest BCUT2D eigenvalue weighted by Gasteiger charge is -1.95. The molecule has 0 aliphatic heterocycles. The van der Waals surface area contributed by atoms with Gasteiger partial charge in [-0.15, -0.1) is 11.3 Å². The molecule has 1 N–H and O–H groups in total. The molecule has 0 fully saturated rings. The number of nitrogens with one attached hydrogen (secondary N) is 1. The van der Waals surface area contributed by atoms with Crippen molar-refractivity contribution in [3.8, 4) is 0 Å². The lowest BCUT2D eigenvalue weighted by Crippen LogP contribution is -2.21. The summed E-state index contributed by atoms with van der Waals surface area (Å²) in [5.74, 6) is -0.419. The van der Waals surface area contributed by atoms with Crippen molar-refractivity contribution in [2.75, 3.05) is 6.54 Å². The normalized spacial score (nSPS) is 10.5. The molecule has 1 aromatic carbocycles. The minimum absolute atomic E-state index is 0.141. The predicted octanol–water partition coefficient (Wildman–Crippen LogP) is 2.79. The van der Waals surface area contributed by atoms with Crippen LogP contribution >= 0.6 is 11.3 Å². The van der Waals surface area contributed by atoms with Crippen LogP contribution in [-0.2, 0) is 0 Å². The predicted molar refractivity (Wildman–Crippen MR) is 59.8 cm³/mol. The first-order valence-corrected chi connectivity index (χ1v) is 5.50.